The van der Waals surface area contributed by atoms with Gasteiger partial charge in [0.05, 0.1) is 6.61 Å². The highest BCUT2D eigenvalue weighted by Gasteiger charge is 2.20. The molecule has 2 amide bonds. The molecular formula is C13H28N4O2. The predicted octanol–water partition coefficient (Wildman–Crippen LogP) is -0.0883. The fraction of sp³-hybridized carbons (Fsp3) is 0.923. The third-order valence-electron chi connectivity index (χ3n) is 3.32. The first kappa shape index (κ1) is 16.2. The molecule has 0 aromatic heterocycles. The summed E-state index contributed by atoms with van der Waals surface area (Å²) in [4.78, 5) is 18.3. The van der Waals surface area contributed by atoms with Gasteiger partial charge in [0.25, 0.3) is 0 Å². The first-order chi connectivity index (χ1) is 9.13. The highest BCUT2D eigenvalue weighted by molar-refractivity contribution is 5.74. The lowest BCUT2D eigenvalue weighted by molar-refractivity contribution is 0.133. The number of nitrogens with zero attached hydrogens (tertiary/aromatic N) is 3. The summed E-state index contributed by atoms with van der Waals surface area (Å²) in [5.74, 6) is 0. The fourth-order valence-electron chi connectivity index (χ4n) is 2.16. The van der Waals surface area contributed by atoms with Gasteiger partial charge in [0.1, 0.15) is 0 Å². The van der Waals surface area contributed by atoms with Crippen molar-refractivity contribution in [2.75, 3.05) is 73.6 Å². The van der Waals surface area contributed by atoms with E-state index < -0.39 is 0 Å². The maximum atomic E-state index is 11.8. The molecule has 19 heavy (non-hydrogen) atoms. The molecule has 0 bridgehead atoms. The van der Waals surface area contributed by atoms with Gasteiger partial charge >= 0.3 is 6.03 Å². The average molecular weight is 272 g/mol. The van der Waals surface area contributed by atoms with E-state index in [0.29, 0.717) is 13.2 Å². The lowest BCUT2D eigenvalue weighted by Gasteiger charge is -2.34. The number of piperazine rings is 1. The van der Waals surface area contributed by atoms with E-state index >= 15 is 0 Å². The SMILES string of the molecule is COCCNC(=O)N1CCN(CCCN(C)C)CC1. The molecule has 1 N–H and O–H groups in total. The molecule has 0 atom stereocenters. The molecule has 1 fully saturated rings. The van der Waals surface area contributed by atoms with Crippen LogP contribution in [-0.2, 0) is 4.74 Å². The Kier molecular flexibility index (Phi) is 7.78. The molecule has 6 heteroatoms. The summed E-state index contributed by atoms with van der Waals surface area (Å²) in [5.41, 5.74) is 0. The topological polar surface area (TPSA) is 48.1 Å². The summed E-state index contributed by atoms with van der Waals surface area (Å²) >= 11 is 0. The second-order valence-electron chi connectivity index (χ2n) is 5.21. The molecular weight excluding hydrogens is 244 g/mol. The van der Waals surface area contributed by atoms with Crippen LogP contribution in [0.1, 0.15) is 6.42 Å². The largest absolute Gasteiger partial charge is 0.383 e. The number of nitrogens with one attached hydrogen (secondary N) is 1. The van der Waals surface area contributed by atoms with Crippen molar-refractivity contribution in [1.29, 1.82) is 0 Å². The molecule has 6 nitrogen and oxygen atoms in total. The van der Waals surface area contributed by atoms with Gasteiger partial charge in [0.2, 0.25) is 0 Å². The van der Waals surface area contributed by atoms with E-state index in [0.717, 1.165) is 39.3 Å². The molecule has 1 heterocycles. The molecule has 1 saturated heterocycles. The van der Waals surface area contributed by atoms with Gasteiger partial charge in [-0.1, -0.05) is 0 Å². The van der Waals surface area contributed by atoms with E-state index in [-0.39, 0.29) is 6.03 Å². The van der Waals surface area contributed by atoms with Crippen LogP contribution in [-0.4, -0.2) is 94.4 Å². The molecule has 0 spiro atoms. The molecule has 0 aliphatic carbocycles. The van der Waals surface area contributed by atoms with Gasteiger partial charge in [0.15, 0.2) is 0 Å². The van der Waals surface area contributed by atoms with Crippen LogP contribution in [0.25, 0.3) is 0 Å². The van der Waals surface area contributed by atoms with Crippen LogP contribution >= 0.6 is 0 Å². The number of hydrogen-bond donors (Lipinski definition) is 1. The Morgan fingerprint density at radius 1 is 1.26 bits per heavy atom. The van der Waals surface area contributed by atoms with E-state index in [1.807, 2.05) is 4.90 Å². The third-order valence-corrected chi connectivity index (χ3v) is 3.32. The van der Waals surface area contributed by atoms with E-state index in [4.69, 9.17) is 4.74 Å². The Hall–Kier alpha value is -0.850. The van der Waals surface area contributed by atoms with Crippen molar-refractivity contribution in [1.82, 2.24) is 20.0 Å². The zero-order valence-corrected chi connectivity index (χ0v) is 12.5. The first-order valence-electron chi connectivity index (χ1n) is 7.02. The summed E-state index contributed by atoms with van der Waals surface area (Å²) in [6, 6.07) is 0.0324. The van der Waals surface area contributed by atoms with Crippen molar-refractivity contribution in [2.24, 2.45) is 0 Å². The van der Waals surface area contributed by atoms with Crippen LogP contribution in [0.2, 0.25) is 0 Å². The van der Waals surface area contributed by atoms with Crippen molar-refractivity contribution < 1.29 is 9.53 Å². The van der Waals surface area contributed by atoms with E-state index in [1.54, 1.807) is 7.11 Å². The maximum Gasteiger partial charge on any atom is 0.317 e. The van der Waals surface area contributed by atoms with Gasteiger partial charge in [-0.25, -0.2) is 4.79 Å². The molecule has 1 rings (SSSR count). The molecule has 112 valence electrons. The summed E-state index contributed by atoms with van der Waals surface area (Å²) in [5, 5.41) is 2.86. The molecule has 0 radical (unpaired) electrons. The smallest absolute Gasteiger partial charge is 0.317 e. The highest BCUT2D eigenvalue weighted by Crippen LogP contribution is 2.03. The Morgan fingerprint density at radius 2 is 1.95 bits per heavy atom. The maximum absolute atomic E-state index is 11.8. The number of carbonyl (C=O) groups excluding carboxylic acids is 1. The van der Waals surface area contributed by atoms with Crippen molar-refractivity contribution in [3.8, 4) is 0 Å². The zero-order valence-electron chi connectivity index (χ0n) is 12.5. The Labute approximate surface area is 116 Å². The minimum Gasteiger partial charge on any atom is -0.383 e. The quantitative estimate of drug-likeness (QED) is 0.658. The minimum absolute atomic E-state index is 0.0324. The zero-order chi connectivity index (χ0) is 14.1. The van der Waals surface area contributed by atoms with Gasteiger partial charge in [-0.3, -0.25) is 4.90 Å². The number of carbonyl (C=O) groups is 1. The number of rotatable bonds is 7. The summed E-state index contributed by atoms with van der Waals surface area (Å²) in [7, 11) is 5.84. The van der Waals surface area contributed by atoms with Gasteiger partial charge in [-0.2, -0.15) is 0 Å². The number of hydrogen-bond acceptors (Lipinski definition) is 4. The minimum atomic E-state index is 0.0324. The van der Waals surface area contributed by atoms with Crippen molar-refractivity contribution in [3.05, 3.63) is 0 Å². The molecule has 0 aromatic rings. The van der Waals surface area contributed by atoms with Crippen LogP contribution in [0.5, 0.6) is 0 Å². The summed E-state index contributed by atoms with van der Waals surface area (Å²) in [6.07, 6.45) is 1.19. The lowest BCUT2D eigenvalue weighted by Crippen LogP contribution is -2.52. The van der Waals surface area contributed by atoms with E-state index in [9.17, 15) is 4.79 Å². The Balaban J connectivity index is 2.12. The molecule has 0 unspecified atom stereocenters. The normalized spacial score (nSPS) is 16.9. The van der Waals surface area contributed by atoms with Crippen molar-refractivity contribution in [2.45, 2.75) is 6.42 Å². The average Bonchev–Trinajstić information content (AvgIpc) is 2.39. The van der Waals surface area contributed by atoms with E-state index in [2.05, 4.69) is 29.2 Å². The molecule has 1 aliphatic heterocycles. The van der Waals surface area contributed by atoms with E-state index in [1.165, 1.54) is 6.42 Å². The Bertz CT molecular complexity index is 253. The Morgan fingerprint density at radius 3 is 2.53 bits per heavy atom. The van der Waals surface area contributed by atoms with Crippen LogP contribution in [0.3, 0.4) is 0 Å². The monoisotopic (exact) mass is 272 g/mol. The van der Waals surface area contributed by atoms with Gasteiger partial charge in [0, 0.05) is 39.8 Å². The number of amides is 2. The predicted molar refractivity (Wildman–Crippen MR) is 76.5 cm³/mol. The second kappa shape index (κ2) is 9.12. The van der Waals surface area contributed by atoms with Crippen LogP contribution < -0.4 is 5.32 Å². The number of methoxy groups -OCH3 is 1. The number of urea groups is 1. The van der Waals surface area contributed by atoms with Crippen molar-refractivity contribution in [3.63, 3.8) is 0 Å². The van der Waals surface area contributed by atoms with Gasteiger partial charge in [-0.05, 0) is 33.6 Å². The summed E-state index contributed by atoms with van der Waals surface area (Å²) in [6.45, 7) is 6.99. The molecule has 1 aliphatic rings. The standard InChI is InChI=1S/C13H28N4O2/c1-15(2)6-4-7-16-8-10-17(11-9-16)13(18)14-5-12-19-3/h4-12H2,1-3H3,(H,14,18). The second-order valence-corrected chi connectivity index (χ2v) is 5.21. The van der Waals surface area contributed by atoms with Crippen LogP contribution in [0, 0.1) is 0 Å². The fourth-order valence-corrected chi connectivity index (χ4v) is 2.16. The molecule has 0 aromatic carbocycles. The highest BCUT2D eigenvalue weighted by atomic mass is 16.5. The van der Waals surface area contributed by atoms with Gasteiger partial charge < -0.3 is 19.9 Å². The lowest BCUT2D eigenvalue weighted by atomic mass is 10.3. The first-order valence-corrected chi connectivity index (χ1v) is 7.02. The van der Waals surface area contributed by atoms with Crippen molar-refractivity contribution >= 4 is 6.03 Å². The molecule has 0 saturated carbocycles. The van der Waals surface area contributed by atoms with Gasteiger partial charge in [-0.15, -0.1) is 0 Å². The van der Waals surface area contributed by atoms with Crippen LogP contribution in [0.4, 0.5) is 4.79 Å². The summed E-state index contributed by atoms with van der Waals surface area (Å²) < 4.78 is 4.91. The van der Waals surface area contributed by atoms with Crippen LogP contribution in [0.15, 0.2) is 0 Å². The number of ether oxygens (including phenoxy) is 1. The third kappa shape index (κ3) is 6.75.